The molecule has 0 radical (unpaired) electrons. The van der Waals surface area contributed by atoms with E-state index in [9.17, 15) is 4.79 Å². The molecule has 4 rings (SSSR count). The number of aliphatic imine (C=N–C) groups is 1. The van der Waals surface area contributed by atoms with Crippen LogP contribution in [0, 0.1) is 13.8 Å². The molecule has 160 valence electrons. The van der Waals surface area contributed by atoms with Crippen molar-refractivity contribution in [3.8, 4) is 0 Å². The van der Waals surface area contributed by atoms with Crippen molar-refractivity contribution in [2.24, 2.45) is 4.99 Å². The second-order valence-corrected chi connectivity index (χ2v) is 8.76. The molecule has 0 saturated heterocycles. The van der Waals surface area contributed by atoms with E-state index in [0.29, 0.717) is 12.2 Å². The molecule has 0 fully saturated rings. The van der Waals surface area contributed by atoms with Crippen LogP contribution in [0.2, 0.25) is 0 Å². The molecule has 3 aliphatic rings. The van der Waals surface area contributed by atoms with Gasteiger partial charge in [0.15, 0.2) is 0 Å². The maximum absolute atomic E-state index is 11.3. The van der Waals surface area contributed by atoms with E-state index in [4.69, 9.17) is 14.5 Å². The van der Waals surface area contributed by atoms with Gasteiger partial charge in [-0.1, -0.05) is 30.9 Å². The molecule has 1 aromatic rings. The van der Waals surface area contributed by atoms with Crippen LogP contribution in [0.3, 0.4) is 0 Å². The topological polar surface area (TPSA) is 59.9 Å². The summed E-state index contributed by atoms with van der Waals surface area (Å²) in [5, 5.41) is 3.68. The molecule has 0 bridgehead atoms. The fourth-order valence-corrected chi connectivity index (χ4v) is 4.62. The highest BCUT2D eigenvalue weighted by Crippen LogP contribution is 2.47. The van der Waals surface area contributed by atoms with E-state index < -0.39 is 11.7 Å². The quantitative estimate of drug-likeness (QED) is 0.422. The lowest BCUT2D eigenvalue weighted by Gasteiger charge is -2.35. The van der Waals surface area contributed by atoms with Crippen LogP contribution in [0.15, 0.2) is 76.9 Å². The Morgan fingerprint density at radius 3 is 2.65 bits per heavy atom. The van der Waals surface area contributed by atoms with Gasteiger partial charge in [-0.15, -0.1) is 0 Å². The van der Waals surface area contributed by atoms with Gasteiger partial charge in [0.1, 0.15) is 11.5 Å². The SMILES string of the molecule is C=CC(=O)O/C(C)=C/C=C1/C=CC2=C(C1)N=CC1(NC(C)(C)c3c(C)ccc(C)c31)O2. The molecule has 5 heteroatoms. The minimum atomic E-state index is -0.769. The van der Waals surface area contributed by atoms with Crippen LogP contribution in [0.4, 0.5) is 0 Å². The zero-order chi connectivity index (χ0) is 22.4. The van der Waals surface area contributed by atoms with Gasteiger partial charge in [0, 0.05) is 23.6 Å². The van der Waals surface area contributed by atoms with Crippen LogP contribution in [-0.4, -0.2) is 12.2 Å². The van der Waals surface area contributed by atoms with Gasteiger partial charge in [-0.3, -0.25) is 10.3 Å². The van der Waals surface area contributed by atoms with E-state index in [1.54, 1.807) is 13.0 Å². The summed E-state index contributed by atoms with van der Waals surface area (Å²) >= 11 is 0. The van der Waals surface area contributed by atoms with Crippen molar-refractivity contribution >= 4 is 12.2 Å². The lowest BCUT2D eigenvalue weighted by Crippen LogP contribution is -2.48. The fraction of sp³-hybridized carbons (Fsp3) is 0.308. The van der Waals surface area contributed by atoms with Crippen LogP contribution < -0.4 is 5.32 Å². The summed E-state index contributed by atoms with van der Waals surface area (Å²) in [7, 11) is 0. The third-order valence-electron chi connectivity index (χ3n) is 5.85. The Morgan fingerprint density at radius 1 is 1.23 bits per heavy atom. The first kappa shape index (κ1) is 21.1. The van der Waals surface area contributed by atoms with Gasteiger partial charge in [0.2, 0.25) is 5.72 Å². The number of nitrogens with zero attached hydrogens (tertiary/aromatic N) is 1. The van der Waals surface area contributed by atoms with Gasteiger partial charge in [0.25, 0.3) is 0 Å². The standard InChI is InChI=1S/C26H28N2O3/c1-7-22(29)30-18(4)10-11-19-12-13-21-20(14-19)27-15-26(31-21)24-17(3)9-8-16(2)23(24)25(5,6)28-26/h7-13,15,28H,1,14H2,2-6H3/b18-10+,19-11-. The average molecular weight is 417 g/mol. The van der Waals surface area contributed by atoms with Gasteiger partial charge in [-0.25, -0.2) is 4.79 Å². The summed E-state index contributed by atoms with van der Waals surface area (Å²) in [4.78, 5) is 16.1. The molecule has 1 N–H and O–H groups in total. The largest absolute Gasteiger partial charge is 0.461 e. The van der Waals surface area contributed by atoms with E-state index in [1.165, 1.54) is 16.7 Å². The highest BCUT2D eigenvalue weighted by atomic mass is 16.5. The van der Waals surface area contributed by atoms with Gasteiger partial charge in [0.05, 0.1) is 11.9 Å². The Labute approximate surface area is 183 Å². The molecule has 2 aliphatic heterocycles. The third kappa shape index (κ3) is 3.70. The first-order valence-corrected chi connectivity index (χ1v) is 10.4. The Morgan fingerprint density at radius 2 is 1.94 bits per heavy atom. The smallest absolute Gasteiger partial charge is 0.335 e. The van der Waals surface area contributed by atoms with Crippen molar-refractivity contribution < 1.29 is 14.3 Å². The zero-order valence-corrected chi connectivity index (χ0v) is 18.7. The predicted octanol–water partition coefficient (Wildman–Crippen LogP) is 5.13. The Balaban J connectivity index is 1.60. The number of ether oxygens (including phenoxy) is 2. The van der Waals surface area contributed by atoms with Gasteiger partial charge >= 0.3 is 5.97 Å². The van der Waals surface area contributed by atoms with Crippen molar-refractivity contribution in [1.82, 2.24) is 5.32 Å². The van der Waals surface area contributed by atoms with E-state index in [0.717, 1.165) is 28.7 Å². The van der Waals surface area contributed by atoms with E-state index in [-0.39, 0.29) is 5.54 Å². The van der Waals surface area contributed by atoms with Crippen LogP contribution >= 0.6 is 0 Å². The highest BCUT2D eigenvalue weighted by molar-refractivity contribution is 5.82. The average Bonchev–Trinajstić information content (AvgIpc) is 2.96. The zero-order valence-electron chi connectivity index (χ0n) is 18.7. The number of carbonyl (C=O) groups excluding carboxylic acids is 1. The normalized spacial score (nSPS) is 24.8. The second-order valence-electron chi connectivity index (χ2n) is 8.76. The first-order chi connectivity index (χ1) is 14.6. The second kappa shape index (κ2) is 7.50. The maximum atomic E-state index is 11.3. The predicted molar refractivity (Wildman–Crippen MR) is 122 cm³/mol. The Kier molecular flexibility index (Phi) is 5.10. The molecule has 1 aromatic carbocycles. The van der Waals surface area contributed by atoms with Gasteiger partial charge in [-0.05, 0) is 69.0 Å². The molecule has 1 unspecified atom stereocenters. The summed E-state index contributed by atoms with van der Waals surface area (Å²) in [5.74, 6) is 0.813. The molecule has 0 aromatic heterocycles. The van der Waals surface area contributed by atoms with E-state index >= 15 is 0 Å². The minimum absolute atomic E-state index is 0.232. The number of hydrogen-bond donors (Lipinski definition) is 1. The lowest BCUT2D eigenvalue weighted by molar-refractivity contribution is -0.133. The number of hydrogen-bond acceptors (Lipinski definition) is 5. The monoisotopic (exact) mass is 416 g/mol. The summed E-state index contributed by atoms with van der Waals surface area (Å²) in [6.45, 7) is 13.8. The van der Waals surface area contributed by atoms with Crippen molar-refractivity contribution in [1.29, 1.82) is 0 Å². The number of benzene rings is 1. The molecule has 1 atom stereocenters. The highest BCUT2D eigenvalue weighted by Gasteiger charge is 2.51. The summed E-state index contributed by atoms with van der Waals surface area (Å²) in [6, 6.07) is 4.31. The number of esters is 1. The number of nitrogens with one attached hydrogen (secondary N) is 1. The van der Waals surface area contributed by atoms with Gasteiger partial charge < -0.3 is 9.47 Å². The van der Waals surface area contributed by atoms with E-state index in [1.807, 2.05) is 24.4 Å². The first-order valence-electron chi connectivity index (χ1n) is 10.4. The summed E-state index contributed by atoms with van der Waals surface area (Å²) in [5.41, 5.74) is 5.80. The van der Waals surface area contributed by atoms with Crippen molar-refractivity contribution in [3.63, 3.8) is 0 Å². The molecule has 1 spiro atoms. The lowest BCUT2D eigenvalue weighted by atomic mass is 9.86. The van der Waals surface area contributed by atoms with Crippen LogP contribution in [0.5, 0.6) is 0 Å². The van der Waals surface area contributed by atoms with Crippen molar-refractivity contribution in [2.75, 3.05) is 0 Å². The summed E-state index contributed by atoms with van der Waals surface area (Å²) < 4.78 is 11.7. The number of fused-ring (bicyclic) bond motifs is 2. The van der Waals surface area contributed by atoms with Crippen LogP contribution in [0.25, 0.3) is 0 Å². The molecule has 31 heavy (non-hydrogen) atoms. The number of carbonyl (C=O) groups is 1. The number of aryl methyl sites for hydroxylation is 2. The number of allylic oxidation sites excluding steroid dienone is 6. The molecule has 0 amide bonds. The minimum Gasteiger partial charge on any atom is -0.461 e. The molecular formula is C26H28N2O3. The molecule has 2 heterocycles. The van der Waals surface area contributed by atoms with Crippen LogP contribution in [-0.2, 0) is 25.5 Å². The van der Waals surface area contributed by atoms with Crippen LogP contribution in [0.1, 0.15) is 49.4 Å². The molecule has 1 aliphatic carbocycles. The molecular weight excluding hydrogens is 388 g/mol. The Bertz CT molecular complexity index is 1130. The van der Waals surface area contributed by atoms with Crippen molar-refractivity contribution in [2.45, 2.75) is 52.3 Å². The summed E-state index contributed by atoms with van der Waals surface area (Å²) in [6.07, 6.45) is 11.3. The van der Waals surface area contributed by atoms with Gasteiger partial charge in [-0.2, -0.15) is 0 Å². The number of rotatable bonds is 3. The molecule has 0 saturated carbocycles. The third-order valence-corrected chi connectivity index (χ3v) is 5.85. The maximum Gasteiger partial charge on any atom is 0.335 e. The Hall–Kier alpha value is -3.18. The van der Waals surface area contributed by atoms with Crippen molar-refractivity contribution in [3.05, 3.63) is 94.1 Å². The molecule has 5 nitrogen and oxygen atoms in total. The van der Waals surface area contributed by atoms with E-state index in [2.05, 4.69) is 51.7 Å². The fourth-order valence-electron chi connectivity index (χ4n) is 4.62.